The van der Waals surface area contributed by atoms with Gasteiger partial charge in [-0.2, -0.15) is 0 Å². The van der Waals surface area contributed by atoms with E-state index < -0.39 is 5.03 Å². The zero-order chi connectivity index (χ0) is 7.40. The highest BCUT2D eigenvalue weighted by Gasteiger charge is 2.02. The van der Waals surface area contributed by atoms with Crippen LogP contribution in [0, 0.1) is 16.3 Å². The summed E-state index contributed by atoms with van der Waals surface area (Å²) in [5, 5.41) is 20.2. The molecule has 0 aromatic carbocycles. The molecule has 1 rings (SSSR count). The van der Waals surface area contributed by atoms with E-state index in [1.54, 1.807) is 0 Å². The topological polar surface area (TPSA) is 107 Å². The molecule has 0 bridgehead atoms. The number of aromatic nitrogens is 2. The standard InChI is InChI=1S/C2N5O3/c8-7(9)6-4-2-1-3-10-5-2. The lowest BCUT2D eigenvalue weighted by atomic mass is 10.8. The fourth-order valence-corrected chi connectivity index (χ4v) is 0.260. The SMILES string of the molecule is O=[N+]([O-])N=Nc1[c]non1. The Bertz CT molecular complexity index is 239. The van der Waals surface area contributed by atoms with Crippen LogP contribution in [0.5, 0.6) is 0 Å². The zero-order valence-electron chi connectivity index (χ0n) is 4.46. The molecule has 0 amide bonds. The van der Waals surface area contributed by atoms with E-state index in [9.17, 15) is 10.1 Å². The van der Waals surface area contributed by atoms with Gasteiger partial charge in [0.25, 0.3) is 0 Å². The smallest absolute Gasteiger partial charge is 0.337 e. The van der Waals surface area contributed by atoms with E-state index in [1.165, 1.54) is 0 Å². The van der Waals surface area contributed by atoms with Crippen molar-refractivity contribution in [3.63, 3.8) is 0 Å². The second-order valence-corrected chi connectivity index (χ2v) is 1.13. The van der Waals surface area contributed by atoms with Gasteiger partial charge >= 0.3 is 5.82 Å². The lowest BCUT2D eigenvalue weighted by Crippen LogP contribution is -1.80. The van der Waals surface area contributed by atoms with Gasteiger partial charge in [-0.05, 0) is 5.16 Å². The molecule has 1 radical (unpaired) electrons. The van der Waals surface area contributed by atoms with Crippen LogP contribution >= 0.6 is 0 Å². The Morgan fingerprint density at radius 2 is 2.60 bits per heavy atom. The van der Waals surface area contributed by atoms with Gasteiger partial charge in [-0.25, -0.2) is 4.63 Å². The minimum atomic E-state index is -0.970. The van der Waals surface area contributed by atoms with Gasteiger partial charge in [-0.3, -0.25) is 0 Å². The molecule has 0 N–H and O–H groups in total. The third kappa shape index (κ3) is 1.58. The Morgan fingerprint density at radius 3 is 3.10 bits per heavy atom. The number of nitrogens with zero attached hydrogens (tertiary/aromatic N) is 5. The molecular formula is C2N5O3. The molecule has 1 aromatic heterocycles. The van der Waals surface area contributed by atoms with Crippen molar-refractivity contribution in [3.05, 3.63) is 16.3 Å². The summed E-state index contributed by atoms with van der Waals surface area (Å²) in [7, 11) is 0. The van der Waals surface area contributed by atoms with Gasteiger partial charge in [-0.1, -0.05) is 0 Å². The Balaban J connectivity index is 2.64. The maximum atomic E-state index is 9.55. The summed E-state index contributed by atoms with van der Waals surface area (Å²) in [6.07, 6.45) is 2.10. The molecule has 0 aliphatic rings. The summed E-state index contributed by atoms with van der Waals surface area (Å²) in [6, 6.07) is 0. The Labute approximate surface area is 53.6 Å². The van der Waals surface area contributed by atoms with Crippen LogP contribution < -0.4 is 0 Å². The number of nitro groups is 1. The molecule has 0 spiro atoms. The molecule has 0 atom stereocenters. The van der Waals surface area contributed by atoms with E-state index in [1.807, 2.05) is 0 Å². The molecule has 8 heteroatoms. The first kappa shape index (κ1) is 6.26. The first-order valence-electron chi connectivity index (χ1n) is 2.05. The highest BCUT2D eigenvalue weighted by atomic mass is 16.7. The van der Waals surface area contributed by atoms with E-state index in [0.29, 0.717) is 0 Å². The molecule has 0 saturated heterocycles. The predicted molar refractivity (Wildman–Crippen MR) is 24.6 cm³/mol. The third-order valence-corrected chi connectivity index (χ3v) is 0.526. The summed E-state index contributed by atoms with van der Waals surface area (Å²) in [5.41, 5.74) is 0. The van der Waals surface area contributed by atoms with Crippen molar-refractivity contribution >= 4 is 5.82 Å². The van der Waals surface area contributed by atoms with Crippen molar-refractivity contribution in [1.29, 1.82) is 0 Å². The van der Waals surface area contributed by atoms with Crippen molar-refractivity contribution in [2.45, 2.75) is 0 Å². The predicted octanol–water partition coefficient (Wildman–Crippen LogP) is 0.145. The molecule has 0 fully saturated rings. The van der Waals surface area contributed by atoms with Crippen molar-refractivity contribution in [2.75, 3.05) is 0 Å². The summed E-state index contributed by atoms with van der Waals surface area (Å²) in [5.74, 6) is -0.156. The summed E-state index contributed by atoms with van der Waals surface area (Å²) in [6.45, 7) is 0. The summed E-state index contributed by atoms with van der Waals surface area (Å²) >= 11 is 0. The first-order chi connectivity index (χ1) is 4.79. The van der Waals surface area contributed by atoms with Crippen LogP contribution in [-0.2, 0) is 0 Å². The number of rotatable bonds is 2. The maximum absolute atomic E-state index is 9.55. The normalized spacial score (nSPS) is 10.4. The van der Waals surface area contributed by atoms with Gasteiger partial charge in [0, 0.05) is 5.16 Å². The molecule has 1 heterocycles. The highest BCUT2D eigenvalue weighted by molar-refractivity contribution is 5.13. The lowest BCUT2D eigenvalue weighted by molar-refractivity contribution is -0.493. The molecule has 0 saturated carbocycles. The second kappa shape index (κ2) is 2.62. The molecule has 0 aliphatic heterocycles. The molecule has 0 unspecified atom stereocenters. The first-order valence-corrected chi connectivity index (χ1v) is 2.05. The molecule has 51 valence electrons. The maximum Gasteiger partial charge on any atom is 0.363 e. The molecule has 0 aliphatic carbocycles. The average Bonchev–Trinajstić information content (AvgIpc) is 2.34. The van der Waals surface area contributed by atoms with Crippen LogP contribution in [0.1, 0.15) is 0 Å². The van der Waals surface area contributed by atoms with Gasteiger partial charge in [0.1, 0.15) is 5.11 Å². The van der Waals surface area contributed by atoms with E-state index in [-0.39, 0.29) is 5.82 Å². The average molecular weight is 142 g/mol. The lowest BCUT2D eigenvalue weighted by Gasteiger charge is -1.72. The van der Waals surface area contributed by atoms with Crippen LogP contribution in [0.15, 0.2) is 15.0 Å². The number of hydrogen-bond acceptors (Lipinski definition) is 6. The Kier molecular flexibility index (Phi) is 1.64. The molecule has 1 aromatic rings. The third-order valence-electron chi connectivity index (χ3n) is 0.526. The van der Waals surface area contributed by atoms with Crippen LogP contribution in [0.25, 0.3) is 0 Å². The van der Waals surface area contributed by atoms with Crippen LogP contribution in [0.4, 0.5) is 5.82 Å². The van der Waals surface area contributed by atoms with E-state index in [2.05, 4.69) is 31.5 Å². The second-order valence-electron chi connectivity index (χ2n) is 1.13. The van der Waals surface area contributed by atoms with E-state index in [0.717, 1.165) is 0 Å². The van der Waals surface area contributed by atoms with Gasteiger partial charge in [0.15, 0.2) is 5.22 Å². The highest BCUT2D eigenvalue weighted by Crippen LogP contribution is 2.01. The summed E-state index contributed by atoms with van der Waals surface area (Å²) < 4.78 is 4.01. The molecule has 8 nitrogen and oxygen atoms in total. The van der Waals surface area contributed by atoms with E-state index >= 15 is 0 Å². The van der Waals surface area contributed by atoms with Gasteiger partial charge in [0.2, 0.25) is 6.20 Å². The summed E-state index contributed by atoms with van der Waals surface area (Å²) in [4.78, 5) is 9.55. The largest absolute Gasteiger partial charge is 0.363 e. The van der Waals surface area contributed by atoms with Crippen LogP contribution in [0.2, 0.25) is 0 Å². The van der Waals surface area contributed by atoms with Crippen LogP contribution in [-0.4, -0.2) is 15.3 Å². The quantitative estimate of drug-likeness (QED) is 0.331. The van der Waals surface area contributed by atoms with Gasteiger partial charge in [-0.15, -0.1) is 0 Å². The molecular weight excluding hydrogens is 142 g/mol. The van der Waals surface area contributed by atoms with Crippen molar-refractivity contribution in [3.8, 4) is 0 Å². The fraction of sp³-hybridized carbons (Fsp3) is 0. The van der Waals surface area contributed by atoms with Gasteiger partial charge < -0.3 is 10.1 Å². The fourth-order valence-electron chi connectivity index (χ4n) is 0.260. The minimum Gasteiger partial charge on any atom is -0.337 e. The Hall–Kier alpha value is -1.86. The van der Waals surface area contributed by atoms with Crippen LogP contribution in [0.3, 0.4) is 0 Å². The zero-order valence-corrected chi connectivity index (χ0v) is 4.46. The van der Waals surface area contributed by atoms with Crippen molar-refractivity contribution in [2.24, 2.45) is 10.3 Å². The van der Waals surface area contributed by atoms with Gasteiger partial charge in [0.05, 0.1) is 5.03 Å². The number of hydrogen-bond donors (Lipinski definition) is 0. The van der Waals surface area contributed by atoms with Crippen molar-refractivity contribution < 1.29 is 9.66 Å². The monoisotopic (exact) mass is 142 g/mol. The Morgan fingerprint density at radius 1 is 1.80 bits per heavy atom. The minimum absolute atomic E-state index is 0.156. The van der Waals surface area contributed by atoms with Crippen molar-refractivity contribution in [1.82, 2.24) is 10.3 Å². The van der Waals surface area contributed by atoms with E-state index in [4.69, 9.17) is 0 Å². The molecule has 10 heavy (non-hydrogen) atoms.